The van der Waals surface area contributed by atoms with E-state index < -0.39 is 63.1 Å². The van der Waals surface area contributed by atoms with Gasteiger partial charge < -0.3 is 29.5 Å². The van der Waals surface area contributed by atoms with E-state index in [9.17, 15) is 29.7 Å². The fourth-order valence-electron chi connectivity index (χ4n) is 9.54. The molecular formula is C30H40O9. The Kier molecular flexibility index (Phi) is 5.58. The molecule has 1 saturated heterocycles. The van der Waals surface area contributed by atoms with E-state index >= 15 is 0 Å². The first-order chi connectivity index (χ1) is 18.1. The lowest BCUT2D eigenvalue weighted by atomic mass is 9.42. The lowest BCUT2D eigenvalue weighted by Crippen LogP contribution is -2.75. The predicted octanol–water partition coefficient (Wildman–Crippen LogP) is 2.15. The van der Waals surface area contributed by atoms with Gasteiger partial charge in [-0.05, 0) is 90.2 Å². The van der Waals surface area contributed by atoms with Crippen molar-refractivity contribution in [2.24, 2.45) is 28.6 Å². The molecule has 4 aliphatic carbocycles. The maximum Gasteiger partial charge on any atom is 0.313 e. The minimum atomic E-state index is -2.01. The van der Waals surface area contributed by atoms with Gasteiger partial charge in [0.05, 0.1) is 28.5 Å². The Morgan fingerprint density at radius 2 is 1.92 bits per heavy atom. The van der Waals surface area contributed by atoms with E-state index in [1.807, 2.05) is 13.0 Å². The highest BCUT2D eigenvalue weighted by molar-refractivity contribution is 5.97. The molecule has 2 aliphatic heterocycles. The number of aliphatic hydroxyl groups is 3. The number of cyclic esters (lactones) is 1. The molecule has 214 valence electrons. The van der Waals surface area contributed by atoms with Crippen molar-refractivity contribution >= 4 is 17.7 Å². The zero-order valence-electron chi connectivity index (χ0n) is 23.4. The second-order valence-electron chi connectivity index (χ2n) is 13.4. The molecule has 1 spiro atoms. The van der Waals surface area contributed by atoms with Crippen molar-refractivity contribution in [3.8, 4) is 0 Å². The highest BCUT2D eigenvalue weighted by atomic mass is 16.6. The van der Waals surface area contributed by atoms with Gasteiger partial charge in [-0.3, -0.25) is 14.4 Å². The molecule has 1 unspecified atom stereocenters. The Morgan fingerprint density at radius 3 is 2.59 bits per heavy atom. The molecule has 6 aliphatic rings. The molecule has 6 rings (SSSR count). The molecule has 0 aromatic heterocycles. The van der Waals surface area contributed by atoms with Crippen molar-refractivity contribution in [2.45, 2.75) is 108 Å². The summed E-state index contributed by atoms with van der Waals surface area (Å²) in [7, 11) is 0. The molecule has 39 heavy (non-hydrogen) atoms. The first-order valence-corrected chi connectivity index (χ1v) is 14.2. The smallest absolute Gasteiger partial charge is 0.313 e. The maximum atomic E-state index is 13.4. The third kappa shape index (κ3) is 3.03. The minimum Gasteiger partial charge on any atom is -0.465 e. The molecule has 2 heterocycles. The molecule has 0 radical (unpaired) electrons. The zero-order chi connectivity index (χ0) is 28.4. The summed E-state index contributed by atoms with van der Waals surface area (Å²) in [6.45, 7) is 7.84. The van der Waals surface area contributed by atoms with Gasteiger partial charge in [-0.25, -0.2) is 0 Å². The van der Waals surface area contributed by atoms with Crippen molar-refractivity contribution in [1.82, 2.24) is 0 Å². The second-order valence-corrected chi connectivity index (χ2v) is 13.4. The number of esters is 2. The van der Waals surface area contributed by atoms with E-state index in [-0.39, 0.29) is 43.7 Å². The summed E-state index contributed by atoms with van der Waals surface area (Å²) in [5.74, 6) is -2.19. The van der Waals surface area contributed by atoms with Crippen LogP contribution in [0.2, 0.25) is 0 Å². The summed E-state index contributed by atoms with van der Waals surface area (Å²) in [5.41, 5.74) is -7.70. The Hall–Kier alpha value is -2.07. The van der Waals surface area contributed by atoms with E-state index in [1.165, 1.54) is 13.8 Å². The second kappa shape index (κ2) is 8.02. The highest BCUT2D eigenvalue weighted by Crippen LogP contribution is 2.75. The Morgan fingerprint density at radius 1 is 1.21 bits per heavy atom. The zero-order valence-corrected chi connectivity index (χ0v) is 23.4. The Balaban J connectivity index is 1.45. The number of ketones is 1. The number of hydrogen-bond acceptors (Lipinski definition) is 9. The van der Waals surface area contributed by atoms with Gasteiger partial charge >= 0.3 is 11.9 Å². The van der Waals surface area contributed by atoms with Crippen LogP contribution in [0, 0.1) is 28.6 Å². The van der Waals surface area contributed by atoms with Gasteiger partial charge in [0.15, 0.2) is 11.9 Å². The van der Waals surface area contributed by atoms with Crippen LogP contribution in [0.15, 0.2) is 23.8 Å². The summed E-state index contributed by atoms with van der Waals surface area (Å²) >= 11 is 0. The third-order valence-corrected chi connectivity index (χ3v) is 12.2. The van der Waals surface area contributed by atoms with Crippen molar-refractivity contribution in [1.29, 1.82) is 0 Å². The van der Waals surface area contributed by atoms with E-state index in [0.717, 1.165) is 5.57 Å². The predicted molar refractivity (Wildman–Crippen MR) is 137 cm³/mol. The topological polar surface area (TPSA) is 143 Å². The van der Waals surface area contributed by atoms with Gasteiger partial charge in [-0.1, -0.05) is 11.6 Å². The molecular weight excluding hydrogens is 504 g/mol. The summed E-state index contributed by atoms with van der Waals surface area (Å²) in [5, 5.41) is 37.5. The van der Waals surface area contributed by atoms with Crippen LogP contribution in [0.4, 0.5) is 0 Å². The minimum absolute atomic E-state index is 0.00128. The number of carbonyl (C=O) groups is 3. The van der Waals surface area contributed by atoms with E-state index in [0.29, 0.717) is 19.3 Å². The van der Waals surface area contributed by atoms with Crippen molar-refractivity contribution in [3.05, 3.63) is 23.8 Å². The monoisotopic (exact) mass is 544 g/mol. The number of ether oxygens (including phenoxy) is 3. The van der Waals surface area contributed by atoms with Gasteiger partial charge in [0, 0.05) is 6.92 Å². The number of epoxide rings is 1. The van der Waals surface area contributed by atoms with Crippen LogP contribution >= 0.6 is 0 Å². The van der Waals surface area contributed by atoms with Crippen LogP contribution in [-0.4, -0.2) is 74.3 Å². The summed E-state index contributed by atoms with van der Waals surface area (Å²) in [6, 6.07) is 0. The molecule has 0 aromatic rings. The maximum absolute atomic E-state index is 13.4. The molecule has 3 saturated carbocycles. The summed E-state index contributed by atoms with van der Waals surface area (Å²) in [6.07, 6.45) is 5.76. The molecule has 0 bridgehead atoms. The average Bonchev–Trinajstić information content (AvgIpc) is 3.52. The standard InChI is InChI=1S/C30H40O9/c1-16-13-22(38-24(33)17(16)2)26(5,34)30(36)12-11-28(35)20-14-23-29(39-23)9-6-7-21(32)25(29,4)19(20)8-10-27(28,30)15-37-18(3)31/h6-7,13,17,19-20,22-23,34-36H,8-12,14-15H2,1-5H3/t17?,19-,20+,22-,23+,25-,26-,27+,28+,29+,30+/m0/s1. The largest absolute Gasteiger partial charge is 0.465 e. The molecule has 4 fully saturated rings. The normalized spacial score (nSPS) is 51.4. The van der Waals surface area contributed by atoms with Crippen molar-refractivity contribution in [3.63, 3.8) is 0 Å². The molecule has 0 amide bonds. The van der Waals surface area contributed by atoms with Crippen LogP contribution in [0.1, 0.15) is 73.1 Å². The number of allylic oxidation sites excluding steroid dienone is 1. The van der Waals surface area contributed by atoms with Gasteiger partial charge in [-0.2, -0.15) is 0 Å². The lowest BCUT2D eigenvalue weighted by molar-refractivity contribution is -0.294. The van der Waals surface area contributed by atoms with Crippen molar-refractivity contribution in [2.75, 3.05) is 6.61 Å². The van der Waals surface area contributed by atoms with Gasteiger partial charge in [0.25, 0.3) is 0 Å². The van der Waals surface area contributed by atoms with Gasteiger partial charge in [0.1, 0.15) is 23.4 Å². The molecule has 11 atom stereocenters. The van der Waals surface area contributed by atoms with Gasteiger partial charge in [-0.15, -0.1) is 0 Å². The number of fused-ring (bicyclic) bond motifs is 4. The number of hydrogen-bond donors (Lipinski definition) is 3. The van der Waals surface area contributed by atoms with Crippen LogP contribution in [0.25, 0.3) is 0 Å². The Bertz CT molecular complexity index is 1200. The first kappa shape index (κ1) is 27.1. The average molecular weight is 545 g/mol. The SMILES string of the molecule is CC(=O)OC[C@]12CC[C@H]3[C@@H](C[C@H]4O[C@]45CC=CC(=O)[C@]35C)[C@]1(O)CC[C@@]2(O)[C@@](C)(O)[C@@H]1C=C(C)C(C)C(=O)O1. The fraction of sp³-hybridized carbons (Fsp3) is 0.767. The third-order valence-electron chi connectivity index (χ3n) is 12.2. The van der Waals surface area contributed by atoms with Crippen LogP contribution in [0.3, 0.4) is 0 Å². The highest BCUT2D eigenvalue weighted by Gasteiger charge is 2.83. The van der Waals surface area contributed by atoms with Crippen LogP contribution in [0.5, 0.6) is 0 Å². The number of rotatable bonds is 4. The van der Waals surface area contributed by atoms with E-state index in [1.54, 1.807) is 26.0 Å². The van der Waals surface area contributed by atoms with E-state index in [2.05, 4.69) is 0 Å². The number of carbonyl (C=O) groups excluding carboxylic acids is 3. The lowest BCUT2D eigenvalue weighted by Gasteiger charge is -2.63. The molecule has 9 nitrogen and oxygen atoms in total. The quantitative estimate of drug-likeness (QED) is 0.276. The first-order valence-electron chi connectivity index (χ1n) is 14.2. The molecule has 3 N–H and O–H groups in total. The summed E-state index contributed by atoms with van der Waals surface area (Å²) < 4.78 is 17.5. The Labute approximate surface area is 228 Å². The van der Waals surface area contributed by atoms with Crippen LogP contribution in [-0.2, 0) is 28.6 Å². The molecule has 0 aromatic carbocycles. The van der Waals surface area contributed by atoms with Crippen molar-refractivity contribution < 1.29 is 43.9 Å². The van der Waals surface area contributed by atoms with E-state index in [4.69, 9.17) is 14.2 Å². The van der Waals surface area contributed by atoms with Crippen LogP contribution < -0.4 is 0 Å². The molecule has 9 heteroatoms. The van der Waals surface area contributed by atoms with Gasteiger partial charge in [0.2, 0.25) is 0 Å². The fourth-order valence-corrected chi connectivity index (χ4v) is 9.54. The summed E-state index contributed by atoms with van der Waals surface area (Å²) in [4.78, 5) is 38.2.